The molecular formula is C15H30OSiTe. The number of unbranched alkanes of at least 4 members (excludes halogenated alkanes) is 1. The van der Waals surface area contributed by atoms with Gasteiger partial charge in [0.25, 0.3) is 0 Å². The van der Waals surface area contributed by atoms with Crippen LogP contribution >= 0.6 is 0 Å². The summed E-state index contributed by atoms with van der Waals surface area (Å²) < 4.78 is 9.88. The second kappa shape index (κ2) is 9.37. The molecule has 0 aromatic heterocycles. The van der Waals surface area contributed by atoms with Crippen molar-refractivity contribution in [3.63, 3.8) is 0 Å². The van der Waals surface area contributed by atoms with Crippen molar-refractivity contribution in [1.29, 1.82) is 0 Å². The number of hydrogen-bond acceptors (Lipinski definition) is 1. The van der Waals surface area contributed by atoms with Crippen LogP contribution in [0, 0.1) is 0 Å². The van der Waals surface area contributed by atoms with Crippen LogP contribution in [0.3, 0.4) is 0 Å². The van der Waals surface area contributed by atoms with Gasteiger partial charge in [-0.25, -0.2) is 0 Å². The van der Waals surface area contributed by atoms with Gasteiger partial charge < -0.3 is 0 Å². The molecule has 0 rings (SSSR count). The molecular weight excluding hydrogens is 352 g/mol. The van der Waals surface area contributed by atoms with Gasteiger partial charge in [-0.1, -0.05) is 0 Å². The minimum atomic E-state index is -1.56. The van der Waals surface area contributed by atoms with Crippen molar-refractivity contribution in [2.75, 3.05) is 6.61 Å². The van der Waals surface area contributed by atoms with Gasteiger partial charge in [-0.05, 0) is 0 Å². The average molecular weight is 382 g/mol. The van der Waals surface area contributed by atoms with E-state index in [-0.39, 0.29) is 20.9 Å². The van der Waals surface area contributed by atoms with Crippen LogP contribution in [0.4, 0.5) is 0 Å². The summed E-state index contributed by atoms with van der Waals surface area (Å²) in [6.07, 6.45) is 9.21. The molecule has 0 N–H and O–H groups in total. The van der Waals surface area contributed by atoms with Crippen LogP contribution in [-0.4, -0.2) is 35.8 Å². The second-order valence-electron chi connectivity index (χ2n) is 6.05. The van der Waals surface area contributed by atoms with E-state index in [2.05, 4.69) is 63.1 Å². The van der Waals surface area contributed by atoms with Crippen LogP contribution in [0.5, 0.6) is 0 Å². The summed E-state index contributed by atoms with van der Waals surface area (Å²) >= 11 is 0.126. The van der Waals surface area contributed by atoms with E-state index in [0.29, 0.717) is 5.04 Å². The summed E-state index contributed by atoms with van der Waals surface area (Å²) in [5, 5.41) is 0.309. The fourth-order valence-corrected chi connectivity index (χ4v) is 4.21. The molecule has 0 heterocycles. The molecule has 0 amide bonds. The minimum absolute atomic E-state index is 0.126. The Morgan fingerprint density at radius 2 is 1.83 bits per heavy atom. The van der Waals surface area contributed by atoms with E-state index in [1.807, 2.05) is 0 Å². The molecule has 0 bridgehead atoms. The summed E-state index contributed by atoms with van der Waals surface area (Å²) in [5.41, 5.74) is 0. The van der Waals surface area contributed by atoms with E-state index < -0.39 is 8.32 Å². The molecule has 0 spiro atoms. The maximum absolute atomic E-state index is 6.07. The molecule has 0 radical (unpaired) electrons. The van der Waals surface area contributed by atoms with E-state index in [1.165, 1.54) is 17.3 Å². The van der Waals surface area contributed by atoms with Crippen LogP contribution < -0.4 is 0 Å². The van der Waals surface area contributed by atoms with Crippen molar-refractivity contribution in [2.24, 2.45) is 0 Å². The molecule has 0 aromatic carbocycles. The predicted octanol–water partition coefficient (Wildman–Crippen LogP) is 5.00. The number of hydrogen-bond donors (Lipinski definition) is 0. The van der Waals surface area contributed by atoms with Gasteiger partial charge in [-0.3, -0.25) is 0 Å². The number of rotatable bonds is 8. The van der Waals surface area contributed by atoms with Gasteiger partial charge >= 0.3 is 126 Å². The first-order valence-corrected chi connectivity index (χ1v) is 12.8. The Bertz CT molecular complexity index is 264. The zero-order valence-corrected chi connectivity index (χ0v) is 16.3. The van der Waals surface area contributed by atoms with Crippen LogP contribution in [-0.2, 0) is 4.43 Å². The molecule has 0 aliphatic heterocycles. The Morgan fingerprint density at radius 3 is 2.39 bits per heavy atom. The molecule has 0 atom stereocenters. The van der Waals surface area contributed by atoms with Crippen LogP contribution in [0.2, 0.25) is 22.6 Å². The second-order valence-corrected chi connectivity index (χ2v) is 13.8. The zero-order chi connectivity index (χ0) is 14.1. The van der Waals surface area contributed by atoms with E-state index in [4.69, 9.17) is 4.43 Å². The third kappa shape index (κ3) is 8.53. The molecule has 18 heavy (non-hydrogen) atoms. The van der Waals surface area contributed by atoms with E-state index in [1.54, 1.807) is 0 Å². The van der Waals surface area contributed by atoms with Crippen LogP contribution in [0.15, 0.2) is 22.4 Å². The van der Waals surface area contributed by atoms with Gasteiger partial charge in [-0.15, -0.1) is 0 Å². The first-order valence-electron chi connectivity index (χ1n) is 6.88. The van der Waals surface area contributed by atoms with Crippen molar-refractivity contribution in [3.05, 3.63) is 22.4 Å². The Labute approximate surface area is 125 Å². The van der Waals surface area contributed by atoms with Gasteiger partial charge in [0.05, 0.1) is 0 Å². The topological polar surface area (TPSA) is 9.23 Å². The Kier molecular flexibility index (Phi) is 9.60. The predicted molar refractivity (Wildman–Crippen MR) is 86.9 cm³/mol. The summed E-state index contributed by atoms with van der Waals surface area (Å²) in [6.45, 7) is 14.5. The SMILES string of the molecule is CCCC[Te]/C=C\C=C\CO[Si](C)(C)C(C)(C)C. The summed E-state index contributed by atoms with van der Waals surface area (Å²) in [7, 11) is -1.56. The quantitative estimate of drug-likeness (QED) is 0.326. The van der Waals surface area contributed by atoms with Gasteiger partial charge in [-0.2, -0.15) is 0 Å². The van der Waals surface area contributed by atoms with Crippen molar-refractivity contribution in [3.8, 4) is 0 Å². The standard InChI is InChI=1S/C15H30OSiTe/c1-7-8-13-18-14-11-9-10-12-16-17(5,6)15(2,3)4/h9-11,14H,7-8,12-13H2,1-6H3/b10-9+,14-11-. The zero-order valence-electron chi connectivity index (χ0n) is 13.0. The van der Waals surface area contributed by atoms with Gasteiger partial charge in [0.2, 0.25) is 0 Å². The molecule has 106 valence electrons. The van der Waals surface area contributed by atoms with Crippen LogP contribution in [0.1, 0.15) is 40.5 Å². The molecule has 0 saturated carbocycles. The summed E-state index contributed by atoms with van der Waals surface area (Å²) in [5.74, 6) is 0. The summed E-state index contributed by atoms with van der Waals surface area (Å²) in [6, 6.07) is 0. The monoisotopic (exact) mass is 384 g/mol. The molecule has 0 aliphatic rings. The van der Waals surface area contributed by atoms with Crippen molar-refractivity contribution in [2.45, 2.75) is 63.1 Å². The first-order chi connectivity index (χ1) is 8.31. The van der Waals surface area contributed by atoms with Gasteiger partial charge in [0.15, 0.2) is 0 Å². The molecule has 1 nitrogen and oxygen atoms in total. The molecule has 3 heteroatoms. The Morgan fingerprint density at radius 1 is 1.17 bits per heavy atom. The van der Waals surface area contributed by atoms with Gasteiger partial charge in [0.1, 0.15) is 0 Å². The number of allylic oxidation sites excluding steroid dienone is 2. The molecule has 0 aliphatic carbocycles. The van der Waals surface area contributed by atoms with Crippen LogP contribution in [0.25, 0.3) is 0 Å². The van der Waals surface area contributed by atoms with E-state index in [9.17, 15) is 0 Å². The third-order valence-electron chi connectivity index (χ3n) is 3.38. The van der Waals surface area contributed by atoms with Crippen molar-refractivity contribution >= 4 is 29.2 Å². The summed E-state index contributed by atoms with van der Waals surface area (Å²) in [4.78, 5) is 0. The average Bonchev–Trinajstić information content (AvgIpc) is 2.25. The Balaban J connectivity index is 3.78. The Hall–Kier alpha value is 0.446. The van der Waals surface area contributed by atoms with Crippen molar-refractivity contribution < 1.29 is 4.43 Å². The fraction of sp³-hybridized carbons (Fsp3) is 0.733. The molecule has 0 unspecified atom stereocenters. The molecule has 0 fully saturated rings. The third-order valence-corrected chi connectivity index (χ3v) is 10.4. The van der Waals surface area contributed by atoms with Crippen molar-refractivity contribution in [1.82, 2.24) is 0 Å². The fourth-order valence-electron chi connectivity index (χ4n) is 1.00. The van der Waals surface area contributed by atoms with E-state index in [0.717, 1.165) is 6.61 Å². The van der Waals surface area contributed by atoms with E-state index >= 15 is 0 Å². The molecule has 0 aromatic rings. The first kappa shape index (κ1) is 18.4. The molecule has 0 saturated heterocycles. The maximum atomic E-state index is 6.07. The normalized spacial score (nSPS) is 13.9. The van der Waals surface area contributed by atoms with Gasteiger partial charge in [0, 0.05) is 0 Å².